The lowest BCUT2D eigenvalue weighted by Crippen LogP contribution is -2.60. The average Bonchev–Trinajstić information content (AvgIpc) is 2.42. The molecule has 0 radical (unpaired) electrons. The maximum Gasteiger partial charge on any atom is 0.157 e. The van der Waals surface area contributed by atoms with Crippen LogP contribution < -0.4 is 0 Å². The minimum absolute atomic E-state index is 0.0467. The summed E-state index contributed by atoms with van der Waals surface area (Å²) in [5.74, 6) is 0. The highest BCUT2D eigenvalue weighted by atomic mass is 16.7. The molecule has 0 spiro atoms. The lowest BCUT2D eigenvalue weighted by atomic mass is 9.80. The molecule has 0 amide bonds. The highest BCUT2D eigenvalue weighted by Gasteiger charge is 2.45. The van der Waals surface area contributed by atoms with Gasteiger partial charge in [-0.05, 0) is 59.8 Å². The number of rotatable bonds is 5. The molecular weight excluding hydrogens is 270 g/mol. The molecule has 1 atom stereocenters. The van der Waals surface area contributed by atoms with E-state index in [1.807, 2.05) is 0 Å². The SMILES string of the molecule is CC1(C)CC(OCCOC2CCCCO2)CC(C)(C)N1O. The van der Waals surface area contributed by atoms with Crippen molar-refractivity contribution in [3.05, 3.63) is 0 Å². The van der Waals surface area contributed by atoms with Gasteiger partial charge in [-0.3, -0.25) is 0 Å². The molecule has 2 heterocycles. The van der Waals surface area contributed by atoms with E-state index >= 15 is 0 Å². The third-order valence-corrected chi connectivity index (χ3v) is 4.48. The molecule has 1 unspecified atom stereocenters. The summed E-state index contributed by atoms with van der Waals surface area (Å²) in [6, 6.07) is 0. The minimum Gasteiger partial charge on any atom is -0.376 e. The maximum atomic E-state index is 10.3. The Labute approximate surface area is 128 Å². The summed E-state index contributed by atoms with van der Waals surface area (Å²) >= 11 is 0. The summed E-state index contributed by atoms with van der Waals surface area (Å²) in [6.07, 6.45) is 5.08. The maximum absolute atomic E-state index is 10.3. The first-order chi connectivity index (χ1) is 9.81. The van der Waals surface area contributed by atoms with E-state index < -0.39 is 0 Å². The highest BCUT2D eigenvalue weighted by molar-refractivity contribution is 4.96. The number of piperidine rings is 1. The van der Waals surface area contributed by atoms with Gasteiger partial charge in [0.25, 0.3) is 0 Å². The molecule has 2 aliphatic heterocycles. The third-order valence-electron chi connectivity index (χ3n) is 4.48. The molecule has 21 heavy (non-hydrogen) atoms. The van der Waals surface area contributed by atoms with E-state index in [9.17, 15) is 5.21 Å². The molecule has 0 aromatic carbocycles. The van der Waals surface area contributed by atoms with Crippen LogP contribution in [0.15, 0.2) is 0 Å². The van der Waals surface area contributed by atoms with Crippen LogP contribution in [0.2, 0.25) is 0 Å². The molecular formula is C16H31NO4. The van der Waals surface area contributed by atoms with Gasteiger partial charge in [0.05, 0.1) is 19.3 Å². The van der Waals surface area contributed by atoms with Crippen molar-refractivity contribution in [3.63, 3.8) is 0 Å². The summed E-state index contributed by atoms with van der Waals surface area (Å²) in [5.41, 5.74) is -0.528. The molecule has 5 nitrogen and oxygen atoms in total. The van der Waals surface area contributed by atoms with Crippen molar-refractivity contribution in [2.75, 3.05) is 19.8 Å². The molecule has 0 saturated carbocycles. The van der Waals surface area contributed by atoms with Crippen LogP contribution in [0.5, 0.6) is 0 Å². The monoisotopic (exact) mass is 301 g/mol. The topological polar surface area (TPSA) is 51.2 Å². The van der Waals surface area contributed by atoms with Gasteiger partial charge in [0.1, 0.15) is 0 Å². The number of hydrogen-bond acceptors (Lipinski definition) is 5. The molecule has 0 aromatic heterocycles. The van der Waals surface area contributed by atoms with Gasteiger partial charge in [-0.25, -0.2) is 0 Å². The molecule has 0 bridgehead atoms. The highest BCUT2D eigenvalue weighted by Crippen LogP contribution is 2.37. The first-order valence-electron chi connectivity index (χ1n) is 8.15. The molecule has 2 rings (SSSR count). The second kappa shape index (κ2) is 6.92. The largest absolute Gasteiger partial charge is 0.376 e. The number of hydroxylamine groups is 2. The molecule has 0 aliphatic carbocycles. The predicted octanol–water partition coefficient (Wildman–Crippen LogP) is 2.96. The van der Waals surface area contributed by atoms with Gasteiger partial charge in [-0.15, -0.1) is 0 Å². The lowest BCUT2D eigenvalue weighted by molar-refractivity contribution is -0.262. The van der Waals surface area contributed by atoms with Crippen LogP contribution in [0.4, 0.5) is 0 Å². The van der Waals surface area contributed by atoms with Gasteiger partial charge in [0.15, 0.2) is 6.29 Å². The van der Waals surface area contributed by atoms with Gasteiger partial charge in [-0.1, -0.05) is 0 Å². The van der Waals surface area contributed by atoms with Crippen molar-refractivity contribution in [1.29, 1.82) is 0 Å². The van der Waals surface area contributed by atoms with Gasteiger partial charge in [0, 0.05) is 17.7 Å². The Kier molecular flexibility index (Phi) is 5.65. The zero-order chi connectivity index (χ0) is 15.5. The average molecular weight is 301 g/mol. The summed E-state index contributed by atoms with van der Waals surface area (Å²) in [4.78, 5) is 0. The van der Waals surface area contributed by atoms with Crippen molar-refractivity contribution in [2.45, 2.75) is 83.3 Å². The van der Waals surface area contributed by atoms with Crippen LogP contribution in [0.3, 0.4) is 0 Å². The van der Waals surface area contributed by atoms with E-state index in [4.69, 9.17) is 14.2 Å². The molecule has 0 aromatic rings. The van der Waals surface area contributed by atoms with Gasteiger partial charge < -0.3 is 19.4 Å². The van der Waals surface area contributed by atoms with E-state index in [-0.39, 0.29) is 23.5 Å². The quantitative estimate of drug-likeness (QED) is 0.791. The normalized spacial score (nSPS) is 30.4. The van der Waals surface area contributed by atoms with Crippen LogP contribution in [0.25, 0.3) is 0 Å². The number of ether oxygens (including phenoxy) is 3. The lowest BCUT2D eigenvalue weighted by Gasteiger charge is -2.51. The molecule has 2 fully saturated rings. The molecule has 2 saturated heterocycles. The number of hydrogen-bond donors (Lipinski definition) is 1. The Morgan fingerprint density at radius 3 is 2.24 bits per heavy atom. The summed E-state index contributed by atoms with van der Waals surface area (Å²) in [5, 5.41) is 11.7. The summed E-state index contributed by atoms with van der Waals surface area (Å²) < 4.78 is 17.2. The van der Waals surface area contributed by atoms with E-state index in [1.165, 1.54) is 11.5 Å². The Balaban J connectivity index is 1.70. The van der Waals surface area contributed by atoms with Crippen molar-refractivity contribution in [1.82, 2.24) is 5.06 Å². The smallest absolute Gasteiger partial charge is 0.157 e. The van der Waals surface area contributed by atoms with E-state index in [2.05, 4.69) is 27.7 Å². The van der Waals surface area contributed by atoms with Crippen molar-refractivity contribution >= 4 is 0 Å². The fraction of sp³-hybridized carbons (Fsp3) is 1.00. The van der Waals surface area contributed by atoms with Crippen molar-refractivity contribution in [2.24, 2.45) is 0 Å². The van der Waals surface area contributed by atoms with Crippen molar-refractivity contribution < 1.29 is 19.4 Å². The van der Waals surface area contributed by atoms with E-state index in [1.54, 1.807) is 0 Å². The molecule has 2 aliphatic rings. The predicted molar refractivity (Wildman–Crippen MR) is 80.3 cm³/mol. The van der Waals surface area contributed by atoms with Gasteiger partial charge in [-0.2, -0.15) is 5.06 Å². The van der Waals surface area contributed by atoms with Crippen molar-refractivity contribution in [3.8, 4) is 0 Å². The second-order valence-electron chi connectivity index (χ2n) is 7.50. The van der Waals surface area contributed by atoms with Crippen LogP contribution >= 0.6 is 0 Å². The molecule has 1 N–H and O–H groups in total. The molecule has 124 valence electrons. The van der Waals surface area contributed by atoms with Crippen LogP contribution in [0, 0.1) is 0 Å². The van der Waals surface area contributed by atoms with Crippen LogP contribution in [-0.4, -0.2) is 53.6 Å². The first-order valence-corrected chi connectivity index (χ1v) is 8.15. The van der Waals surface area contributed by atoms with E-state index in [0.29, 0.717) is 13.2 Å². The minimum atomic E-state index is -0.264. The standard InChI is InChI=1S/C16H31NO4/c1-15(2)11-13(12-16(3,4)17(15)18)19-9-10-21-14-7-5-6-8-20-14/h13-14,18H,5-12H2,1-4H3. The summed E-state index contributed by atoms with van der Waals surface area (Å²) in [7, 11) is 0. The zero-order valence-corrected chi connectivity index (χ0v) is 13.9. The van der Waals surface area contributed by atoms with Gasteiger partial charge in [0.2, 0.25) is 0 Å². The molecule has 5 heteroatoms. The Morgan fingerprint density at radius 2 is 1.67 bits per heavy atom. The van der Waals surface area contributed by atoms with Crippen LogP contribution in [-0.2, 0) is 14.2 Å². The summed E-state index contributed by atoms with van der Waals surface area (Å²) in [6.45, 7) is 10.2. The van der Waals surface area contributed by atoms with Crippen LogP contribution in [0.1, 0.15) is 59.8 Å². The fourth-order valence-electron chi connectivity index (χ4n) is 3.53. The fourth-order valence-corrected chi connectivity index (χ4v) is 3.53. The van der Waals surface area contributed by atoms with Gasteiger partial charge >= 0.3 is 0 Å². The third kappa shape index (κ3) is 4.63. The Bertz CT molecular complexity index is 308. The Morgan fingerprint density at radius 1 is 1.05 bits per heavy atom. The first kappa shape index (κ1) is 17.2. The Hall–Kier alpha value is -0.200. The number of nitrogens with zero attached hydrogens (tertiary/aromatic N) is 1. The zero-order valence-electron chi connectivity index (χ0n) is 13.9. The van der Waals surface area contributed by atoms with E-state index in [0.717, 1.165) is 32.3 Å². The second-order valence-corrected chi connectivity index (χ2v) is 7.50.